The number of para-hydroxylation sites is 1. The van der Waals surface area contributed by atoms with Crippen molar-refractivity contribution >= 4 is 40.2 Å². The maximum atomic E-state index is 14.0. The molecule has 298 valence electrons. The van der Waals surface area contributed by atoms with Gasteiger partial charge < -0.3 is 27.5 Å². The van der Waals surface area contributed by atoms with Gasteiger partial charge in [0.15, 0.2) is 11.7 Å². The molecule has 0 aliphatic heterocycles. The lowest BCUT2D eigenvalue weighted by Crippen LogP contribution is -2.45. The summed E-state index contributed by atoms with van der Waals surface area (Å²) in [7, 11) is 0. The molecule has 1 aromatic heterocycles. The lowest BCUT2D eigenvalue weighted by Gasteiger charge is -2.24. The number of carbonyl (C=O) groups excluding carboxylic acids is 4. The van der Waals surface area contributed by atoms with Crippen molar-refractivity contribution in [2.75, 3.05) is 6.54 Å². The number of Topliss-reactive ketones (excluding diaryl/α,β-unsaturated/α-hetero) is 2. The highest BCUT2D eigenvalue weighted by atomic mass is 16.2. The fraction of sp³-hybridized carbons (Fsp3) is 0.698. The largest absolute Gasteiger partial charge is 0.370 e. The van der Waals surface area contributed by atoms with Crippen LogP contribution in [-0.2, 0) is 25.6 Å². The van der Waals surface area contributed by atoms with Crippen LogP contribution in [0, 0.1) is 17.8 Å². The molecule has 1 heterocycles. The Morgan fingerprint density at radius 2 is 1.34 bits per heavy atom. The number of aromatic nitrogens is 1. The summed E-state index contributed by atoms with van der Waals surface area (Å²) in [6.07, 6.45) is 22.8. The van der Waals surface area contributed by atoms with Crippen LogP contribution in [-0.4, -0.2) is 46.9 Å². The van der Waals surface area contributed by atoms with E-state index in [1.165, 1.54) is 77.0 Å². The number of ketones is 2. The molecule has 2 amide bonds. The van der Waals surface area contributed by atoms with Crippen LogP contribution in [0.1, 0.15) is 161 Å². The summed E-state index contributed by atoms with van der Waals surface area (Å²) in [5.41, 5.74) is 18.6. The fourth-order valence-electron chi connectivity index (χ4n) is 7.25. The number of aromatic amines is 1. The van der Waals surface area contributed by atoms with E-state index in [0.717, 1.165) is 35.7 Å². The highest BCUT2D eigenvalue weighted by molar-refractivity contribution is 5.94. The zero-order chi connectivity index (χ0) is 38.8. The molecule has 53 heavy (non-hydrogen) atoms. The minimum atomic E-state index is -0.859. The third kappa shape index (κ3) is 19.8. The molecule has 0 saturated carbocycles. The van der Waals surface area contributed by atoms with Gasteiger partial charge in [-0.25, -0.2) is 0 Å². The lowest BCUT2D eigenvalue weighted by molar-refractivity contribution is -0.133. The van der Waals surface area contributed by atoms with Crippen LogP contribution in [0.5, 0.6) is 0 Å². The van der Waals surface area contributed by atoms with Gasteiger partial charge in [0.05, 0.1) is 6.04 Å². The Kier molecular flexibility index (Phi) is 23.1. The number of hydrogen-bond donors (Lipinski definition) is 5. The number of nitrogens with two attached hydrogens (primary N) is 3. The van der Waals surface area contributed by atoms with Crippen molar-refractivity contribution in [3.05, 3.63) is 36.0 Å². The number of amides is 2. The highest BCUT2D eigenvalue weighted by Crippen LogP contribution is 2.24. The molecule has 1 aromatic carbocycles. The van der Waals surface area contributed by atoms with Crippen LogP contribution in [0.2, 0.25) is 0 Å². The summed E-state index contributed by atoms with van der Waals surface area (Å²) in [4.78, 5) is 60.5. The van der Waals surface area contributed by atoms with Crippen molar-refractivity contribution in [3.8, 4) is 0 Å². The highest BCUT2D eigenvalue weighted by Gasteiger charge is 2.30. The Balaban J connectivity index is 1.97. The smallest absolute Gasteiger partial charge is 0.224 e. The van der Waals surface area contributed by atoms with E-state index in [1.54, 1.807) is 0 Å². The average Bonchev–Trinajstić information content (AvgIpc) is 3.52. The molecule has 0 unspecified atom stereocenters. The van der Waals surface area contributed by atoms with E-state index in [0.29, 0.717) is 38.6 Å². The number of hydrogen-bond acceptors (Lipinski definition) is 5. The van der Waals surface area contributed by atoms with Crippen LogP contribution in [0.15, 0.2) is 35.5 Å². The first-order valence-corrected chi connectivity index (χ1v) is 20.8. The second-order valence-electron chi connectivity index (χ2n) is 15.6. The van der Waals surface area contributed by atoms with Gasteiger partial charge in [-0.15, -0.1) is 0 Å². The van der Waals surface area contributed by atoms with Gasteiger partial charge in [0.25, 0.3) is 0 Å². The van der Waals surface area contributed by atoms with Gasteiger partial charge in [-0.2, -0.15) is 0 Å². The Morgan fingerprint density at radius 3 is 1.91 bits per heavy atom. The number of carbonyl (C=O) groups is 4. The number of fused-ring (bicyclic) bond motifs is 1. The van der Waals surface area contributed by atoms with E-state index in [4.69, 9.17) is 17.2 Å². The number of primary amides is 1. The molecular weight excluding hydrogens is 665 g/mol. The Labute approximate surface area is 319 Å². The summed E-state index contributed by atoms with van der Waals surface area (Å²) in [6.45, 7) is 6.50. The van der Waals surface area contributed by atoms with Crippen molar-refractivity contribution in [2.24, 2.45) is 39.9 Å². The second kappa shape index (κ2) is 27.0. The fourth-order valence-corrected chi connectivity index (χ4v) is 7.25. The number of guanidine groups is 1. The van der Waals surface area contributed by atoms with Gasteiger partial charge in [-0.3, -0.25) is 24.2 Å². The summed E-state index contributed by atoms with van der Waals surface area (Å²) in [5, 5.41) is 3.98. The van der Waals surface area contributed by atoms with Crippen molar-refractivity contribution in [3.63, 3.8) is 0 Å². The third-order valence-electron chi connectivity index (χ3n) is 10.3. The van der Waals surface area contributed by atoms with Crippen LogP contribution in [0.3, 0.4) is 0 Å². The summed E-state index contributed by atoms with van der Waals surface area (Å²) in [6, 6.07) is 7.02. The van der Waals surface area contributed by atoms with Crippen LogP contribution >= 0.6 is 0 Å². The van der Waals surface area contributed by atoms with Gasteiger partial charge in [0.1, 0.15) is 5.78 Å². The van der Waals surface area contributed by atoms with Crippen molar-refractivity contribution in [2.45, 2.75) is 168 Å². The monoisotopic (exact) mass is 737 g/mol. The number of H-pyrrole nitrogens is 1. The number of unbranched alkanes of at least 4 members (excludes halogenated alkanes) is 14. The molecule has 0 spiro atoms. The summed E-state index contributed by atoms with van der Waals surface area (Å²) in [5.74, 6) is -2.24. The number of rotatable bonds is 32. The van der Waals surface area contributed by atoms with Gasteiger partial charge in [-0.1, -0.05) is 129 Å². The van der Waals surface area contributed by atoms with Crippen molar-refractivity contribution in [1.82, 2.24) is 10.3 Å². The first-order chi connectivity index (χ1) is 25.5. The molecule has 10 nitrogen and oxygen atoms in total. The molecule has 8 N–H and O–H groups in total. The third-order valence-corrected chi connectivity index (χ3v) is 10.3. The number of benzene rings is 1. The Hall–Kier alpha value is -3.69. The molecule has 0 aliphatic carbocycles. The van der Waals surface area contributed by atoms with Gasteiger partial charge in [0.2, 0.25) is 11.8 Å². The standard InChI is InChI=1S/C43H72N6O4/c1-4-5-6-7-8-9-10-11-12-13-14-15-16-17-18-22-36(50)29-34(28-35-31-48-38-24-20-19-23-37(35)38)42(53)49-39(25-21-26-47-43(45)46)40(51)30-33(41(44)52)27-32(2)3/h19-20,23-24,31-34,39,48H,4-18,21-22,25-30H2,1-3H3,(H2,44,52)(H,49,53)(H4,45,46,47)/t33-,34+,39+/m1/s1. The lowest BCUT2D eigenvalue weighted by atomic mass is 9.88. The Morgan fingerprint density at radius 1 is 0.755 bits per heavy atom. The molecule has 0 radical (unpaired) electrons. The zero-order valence-electron chi connectivity index (χ0n) is 33.3. The second-order valence-corrected chi connectivity index (χ2v) is 15.6. The van der Waals surface area contributed by atoms with Crippen LogP contribution < -0.4 is 22.5 Å². The topological polar surface area (TPSA) is 187 Å². The maximum absolute atomic E-state index is 14.0. The number of nitrogens with zero attached hydrogens (tertiary/aromatic N) is 1. The van der Waals surface area contributed by atoms with E-state index < -0.39 is 23.8 Å². The van der Waals surface area contributed by atoms with E-state index in [1.807, 2.05) is 44.3 Å². The van der Waals surface area contributed by atoms with Crippen LogP contribution in [0.25, 0.3) is 10.9 Å². The first-order valence-electron chi connectivity index (χ1n) is 20.8. The summed E-state index contributed by atoms with van der Waals surface area (Å²) < 4.78 is 0. The SMILES string of the molecule is CCCCCCCCCCCCCCCCCC(=O)C[C@H](Cc1c[nH]c2ccccc12)C(=O)N[C@@H](CCCN=C(N)N)C(=O)C[C@@H](CC(C)C)C(N)=O. The van der Waals surface area contributed by atoms with E-state index in [2.05, 4.69) is 22.2 Å². The number of aliphatic imine (C=N–C) groups is 1. The van der Waals surface area contributed by atoms with Crippen LogP contribution in [0.4, 0.5) is 0 Å². The minimum Gasteiger partial charge on any atom is -0.370 e. The number of nitrogens with one attached hydrogen (secondary N) is 2. The molecule has 3 atom stereocenters. The van der Waals surface area contributed by atoms with E-state index >= 15 is 0 Å². The minimum absolute atomic E-state index is 0.0472. The Bertz CT molecular complexity index is 1380. The first kappa shape index (κ1) is 45.5. The normalized spacial score (nSPS) is 13.1. The van der Waals surface area contributed by atoms with Crippen molar-refractivity contribution in [1.29, 1.82) is 0 Å². The molecular formula is C43H72N6O4. The van der Waals surface area contributed by atoms with E-state index in [-0.39, 0.29) is 42.2 Å². The van der Waals surface area contributed by atoms with Crippen molar-refractivity contribution < 1.29 is 19.2 Å². The molecule has 2 rings (SSSR count). The molecule has 0 aliphatic rings. The maximum Gasteiger partial charge on any atom is 0.224 e. The molecule has 2 aromatic rings. The van der Waals surface area contributed by atoms with Gasteiger partial charge in [-0.05, 0) is 49.7 Å². The predicted octanol–water partition coefficient (Wildman–Crippen LogP) is 8.19. The zero-order valence-corrected chi connectivity index (χ0v) is 33.3. The molecule has 0 fully saturated rings. The molecule has 10 heteroatoms. The van der Waals surface area contributed by atoms with Gasteiger partial charge in [0, 0.05) is 54.7 Å². The predicted molar refractivity (Wildman–Crippen MR) is 218 cm³/mol. The molecule has 0 saturated heterocycles. The van der Waals surface area contributed by atoms with Gasteiger partial charge >= 0.3 is 0 Å². The summed E-state index contributed by atoms with van der Waals surface area (Å²) >= 11 is 0. The molecule has 0 bridgehead atoms. The van der Waals surface area contributed by atoms with E-state index in [9.17, 15) is 19.2 Å². The quantitative estimate of drug-likeness (QED) is 0.0286. The average molecular weight is 737 g/mol.